The molecule has 4 aromatic rings. The SMILES string of the molecule is CC(C)N(C(=O)N1CC(Cc2ccccc2)(Cc2ccccc2)C[C@H]1CP(c1ccccc1)c1ccccc1)C(C)C. The summed E-state index contributed by atoms with van der Waals surface area (Å²) in [6.45, 7) is 9.34. The molecule has 0 aliphatic carbocycles. The van der Waals surface area contributed by atoms with E-state index in [1.807, 2.05) is 0 Å². The van der Waals surface area contributed by atoms with Crippen LogP contribution in [0.3, 0.4) is 0 Å². The van der Waals surface area contributed by atoms with E-state index in [9.17, 15) is 4.79 Å². The van der Waals surface area contributed by atoms with E-state index in [4.69, 9.17) is 0 Å². The van der Waals surface area contributed by atoms with E-state index >= 15 is 0 Å². The van der Waals surface area contributed by atoms with E-state index in [1.54, 1.807) is 0 Å². The minimum absolute atomic E-state index is 0.0446. The highest BCUT2D eigenvalue weighted by Gasteiger charge is 2.48. The van der Waals surface area contributed by atoms with E-state index in [2.05, 4.69) is 159 Å². The molecule has 0 spiro atoms. The molecule has 0 unspecified atom stereocenters. The number of amides is 2. The summed E-state index contributed by atoms with van der Waals surface area (Å²) >= 11 is 0. The maximum atomic E-state index is 14.5. The second-order valence-corrected chi connectivity index (χ2v) is 14.7. The summed E-state index contributed by atoms with van der Waals surface area (Å²) < 4.78 is 0. The number of hydrogen-bond acceptors (Lipinski definition) is 1. The smallest absolute Gasteiger partial charge is 0.320 e. The lowest BCUT2D eigenvalue weighted by Crippen LogP contribution is -2.52. The lowest BCUT2D eigenvalue weighted by molar-refractivity contribution is 0.119. The number of carbonyl (C=O) groups is 1. The molecule has 1 aliphatic rings. The van der Waals surface area contributed by atoms with Crippen LogP contribution in [-0.2, 0) is 12.8 Å². The number of urea groups is 1. The van der Waals surface area contributed by atoms with Crippen molar-refractivity contribution < 1.29 is 4.79 Å². The Hall–Kier alpha value is -3.42. The van der Waals surface area contributed by atoms with Crippen molar-refractivity contribution in [2.45, 2.75) is 65.1 Å². The van der Waals surface area contributed by atoms with Crippen molar-refractivity contribution in [3.8, 4) is 0 Å². The number of benzene rings is 4. The first-order valence-electron chi connectivity index (χ1n) is 15.4. The Bertz CT molecular complexity index is 1300. The van der Waals surface area contributed by atoms with Crippen LogP contribution in [0.25, 0.3) is 0 Å². The van der Waals surface area contributed by atoms with Crippen molar-refractivity contribution in [1.29, 1.82) is 0 Å². The molecule has 2 amide bonds. The second kappa shape index (κ2) is 13.7. The molecule has 1 heterocycles. The minimum Gasteiger partial charge on any atom is -0.321 e. The van der Waals surface area contributed by atoms with Crippen LogP contribution in [0.5, 0.6) is 0 Å². The van der Waals surface area contributed by atoms with Crippen LogP contribution >= 0.6 is 7.92 Å². The van der Waals surface area contributed by atoms with Crippen molar-refractivity contribution in [1.82, 2.24) is 9.80 Å². The predicted molar refractivity (Wildman–Crippen MR) is 179 cm³/mol. The number of likely N-dealkylation sites (tertiary alicyclic amines) is 1. The molecule has 0 aromatic heterocycles. The van der Waals surface area contributed by atoms with E-state index in [-0.39, 0.29) is 29.6 Å². The van der Waals surface area contributed by atoms with Gasteiger partial charge in [0.15, 0.2) is 0 Å². The number of rotatable bonds is 10. The van der Waals surface area contributed by atoms with Gasteiger partial charge in [-0.3, -0.25) is 0 Å². The van der Waals surface area contributed by atoms with Crippen molar-refractivity contribution in [3.63, 3.8) is 0 Å². The summed E-state index contributed by atoms with van der Waals surface area (Å²) in [5.41, 5.74) is 2.65. The molecular formula is C38H45N2OP. The van der Waals surface area contributed by atoms with Gasteiger partial charge in [-0.2, -0.15) is 0 Å². The molecule has 1 atom stereocenters. The predicted octanol–water partition coefficient (Wildman–Crippen LogP) is 7.90. The average Bonchev–Trinajstić information content (AvgIpc) is 3.34. The molecule has 0 bridgehead atoms. The van der Waals surface area contributed by atoms with Crippen LogP contribution in [-0.4, -0.2) is 46.7 Å². The van der Waals surface area contributed by atoms with Crippen molar-refractivity contribution in [3.05, 3.63) is 132 Å². The summed E-state index contributed by atoms with van der Waals surface area (Å²) in [6, 6.07) is 44.3. The Kier molecular flexibility index (Phi) is 9.80. The van der Waals surface area contributed by atoms with Gasteiger partial charge in [-0.05, 0) is 88.2 Å². The van der Waals surface area contributed by atoms with Gasteiger partial charge in [0.05, 0.1) is 0 Å². The molecule has 1 fully saturated rings. The van der Waals surface area contributed by atoms with Crippen molar-refractivity contribution >= 4 is 24.6 Å². The zero-order valence-electron chi connectivity index (χ0n) is 25.6. The van der Waals surface area contributed by atoms with E-state index in [1.165, 1.54) is 21.7 Å². The Balaban J connectivity index is 1.57. The lowest BCUT2D eigenvalue weighted by atomic mass is 9.75. The van der Waals surface area contributed by atoms with Crippen LogP contribution in [0.1, 0.15) is 45.2 Å². The molecule has 1 aliphatic heterocycles. The molecule has 218 valence electrons. The molecule has 0 N–H and O–H groups in total. The van der Waals surface area contributed by atoms with Gasteiger partial charge in [0.1, 0.15) is 0 Å². The molecule has 42 heavy (non-hydrogen) atoms. The van der Waals surface area contributed by atoms with Gasteiger partial charge < -0.3 is 9.80 Å². The molecule has 5 rings (SSSR count). The Morgan fingerprint density at radius 2 is 1.12 bits per heavy atom. The van der Waals surface area contributed by atoms with Gasteiger partial charge in [0.2, 0.25) is 0 Å². The molecule has 3 nitrogen and oxygen atoms in total. The number of nitrogens with zero attached hydrogens (tertiary/aromatic N) is 2. The molecule has 1 saturated heterocycles. The highest BCUT2D eigenvalue weighted by molar-refractivity contribution is 7.73. The van der Waals surface area contributed by atoms with Gasteiger partial charge in [0, 0.05) is 24.7 Å². The largest absolute Gasteiger partial charge is 0.321 e. The lowest BCUT2D eigenvalue weighted by Gasteiger charge is -2.38. The normalized spacial score (nSPS) is 16.4. The van der Waals surface area contributed by atoms with E-state index < -0.39 is 7.92 Å². The average molecular weight is 577 g/mol. The van der Waals surface area contributed by atoms with Gasteiger partial charge in [0.25, 0.3) is 0 Å². The fourth-order valence-electron chi connectivity index (χ4n) is 6.90. The van der Waals surface area contributed by atoms with Crippen molar-refractivity contribution in [2.75, 3.05) is 12.7 Å². The molecule has 0 saturated carbocycles. The number of carbonyl (C=O) groups excluding carboxylic acids is 1. The van der Waals surface area contributed by atoms with Crippen LogP contribution in [0.2, 0.25) is 0 Å². The zero-order chi connectivity index (χ0) is 29.5. The first-order chi connectivity index (χ1) is 20.3. The Labute approximate surface area is 254 Å². The van der Waals surface area contributed by atoms with Gasteiger partial charge >= 0.3 is 6.03 Å². The van der Waals surface area contributed by atoms with Gasteiger partial charge in [-0.1, -0.05) is 121 Å². The van der Waals surface area contributed by atoms with Crippen LogP contribution in [0.15, 0.2) is 121 Å². The third kappa shape index (κ3) is 7.13. The van der Waals surface area contributed by atoms with E-state index in [0.29, 0.717) is 0 Å². The molecular weight excluding hydrogens is 531 g/mol. The summed E-state index contributed by atoms with van der Waals surface area (Å²) in [5, 5.41) is 2.75. The van der Waals surface area contributed by atoms with Gasteiger partial charge in [-0.25, -0.2) is 4.79 Å². The fourth-order valence-corrected chi connectivity index (χ4v) is 9.43. The maximum Gasteiger partial charge on any atom is 0.320 e. The highest BCUT2D eigenvalue weighted by atomic mass is 31.1. The van der Waals surface area contributed by atoms with Crippen LogP contribution in [0, 0.1) is 5.41 Å². The van der Waals surface area contributed by atoms with Crippen LogP contribution < -0.4 is 10.6 Å². The molecule has 0 radical (unpaired) electrons. The first-order valence-corrected chi connectivity index (χ1v) is 16.9. The zero-order valence-corrected chi connectivity index (χ0v) is 26.5. The quantitative estimate of drug-likeness (QED) is 0.176. The fraction of sp³-hybridized carbons (Fsp3) is 0.342. The standard InChI is InChI=1S/C38H45N2OP/c1-30(2)40(31(3)4)37(41)39-29-38(25-32-17-9-5-10-18-32,26-33-19-11-6-12-20-33)27-34(39)28-42(35-21-13-7-14-22-35)36-23-15-8-16-24-36/h5-24,30-31,34H,25-29H2,1-4H3/t34-/m0/s1. The van der Waals surface area contributed by atoms with Gasteiger partial charge in [-0.15, -0.1) is 0 Å². The monoisotopic (exact) mass is 576 g/mol. The Morgan fingerprint density at radius 3 is 1.52 bits per heavy atom. The Morgan fingerprint density at radius 1 is 0.714 bits per heavy atom. The third-order valence-corrected chi connectivity index (χ3v) is 11.2. The topological polar surface area (TPSA) is 23.6 Å². The highest BCUT2D eigenvalue weighted by Crippen LogP contribution is 2.46. The molecule has 4 aromatic carbocycles. The second-order valence-electron chi connectivity index (χ2n) is 12.5. The summed E-state index contributed by atoms with van der Waals surface area (Å²) in [4.78, 5) is 18.9. The first kappa shape index (κ1) is 30.1. The van der Waals surface area contributed by atoms with Crippen molar-refractivity contribution in [2.24, 2.45) is 5.41 Å². The number of hydrogen-bond donors (Lipinski definition) is 0. The van der Waals surface area contributed by atoms with E-state index in [0.717, 1.165) is 32.0 Å². The minimum atomic E-state index is -0.636. The summed E-state index contributed by atoms with van der Waals surface area (Å²) in [7, 11) is -0.636. The summed E-state index contributed by atoms with van der Waals surface area (Å²) in [6.07, 6.45) is 3.87. The van der Waals surface area contributed by atoms with Crippen LogP contribution in [0.4, 0.5) is 4.79 Å². The summed E-state index contributed by atoms with van der Waals surface area (Å²) in [5.74, 6) is 0. The molecule has 4 heteroatoms. The maximum absolute atomic E-state index is 14.5. The third-order valence-electron chi connectivity index (χ3n) is 8.57.